The molecule has 0 saturated carbocycles. The van der Waals surface area contributed by atoms with Gasteiger partial charge in [0.1, 0.15) is 5.82 Å². The predicted molar refractivity (Wildman–Crippen MR) is 88.7 cm³/mol. The minimum Gasteiger partial charge on any atom is -0.383 e. The molecule has 0 radical (unpaired) electrons. The number of nitrogens with zero attached hydrogens (tertiary/aromatic N) is 3. The topological polar surface area (TPSA) is 70.2 Å². The maximum Gasteiger partial charge on any atom is 0.416 e. The normalized spacial score (nSPS) is 11.8. The molecule has 0 aliphatic heterocycles. The van der Waals surface area contributed by atoms with Crippen LogP contribution in [0.3, 0.4) is 0 Å². The van der Waals surface area contributed by atoms with E-state index in [0.717, 1.165) is 12.1 Å². The summed E-state index contributed by atoms with van der Waals surface area (Å²) in [5.74, 6) is 0.422. The molecular weight excluding hydrogens is 351 g/mol. The van der Waals surface area contributed by atoms with Crippen molar-refractivity contribution >= 4 is 16.7 Å². The number of benzene rings is 2. The first-order valence-electron chi connectivity index (χ1n) is 7.62. The standard InChI is InChI=1S/C17H14F3N3O3/c1-26-9-8-22-15-7-6-13(23(24)25)10-14(15)21-16(22)11-2-4-12(5-3-11)17(18,19)20/h2-7,10H,8-9H2,1H3. The van der Waals surface area contributed by atoms with Crippen LogP contribution in [0.1, 0.15) is 5.56 Å². The van der Waals surface area contributed by atoms with Crippen LogP contribution in [0.25, 0.3) is 22.4 Å². The lowest BCUT2D eigenvalue weighted by molar-refractivity contribution is -0.384. The summed E-state index contributed by atoms with van der Waals surface area (Å²) in [6, 6.07) is 8.92. The average molecular weight is 365 g/mol. The van der Waals surface area contributed by atoms with Crippen molar-refractivity contribution in [3.8, 4) is 11.4 Å². The monoisotopic (exact) mass is 365 g/mol. The molecule has 0 aliphatic rings. The number of non-ortho nitro benzene ring substituents is 1. The minimum atomic E-state index is -4.42. The van der Waals surface area contributed by atoms with Gasteiger partial charge in [-0.25, -0.2) is 4.98 Å². The quantitative estimate of drug-likeness (QED) is 0.500. The fraction of sp³-hybridized carbons (Fsp3) is 0.235. The van der Waals surface area contributed by atoms with Gasteiger partial charge in [-0.2, -0.15) is 13.2 Å². The smallest absolute Gasteiger partial charge is 0.383 e. The van der Waals surface area contributed by atoms with Gasteiger partial charge in [0.05, 0.1) is 28.1 Å². The summed E-state index contributed by atoms with van der Waals surface area (Å²) in [5.41, 5.74) is 0.657. The summed E-state index contributed by atoms with van der Waals surface area (Å²) in [4.78, 5) is 14.8. The van der Waals surface area contributed by atoms with Gasteiger partial charge in [0.15, 0.2) is 0 Å². The zero-order valence-electron chi connectivity index (χ0n) is 13.7. The van der Waals surface area contributed by atoms with Gasteiger partial charge in [-0.3, -0.25) is 10.1 Å². The second kappa shape index (κ2) is 6.75. The number of hydrogen-bond acceptors (Lipinski definition) is 4. The molecule has 2 aromatic carbocycles. The number of hydrogen-bond donors (Lipinski definition) is 0. The highest BCUT2D eigenvalue weighted by molar-refractivity contribution is 5.82. The summed E-state index contributed by atoms with van der Waals surface area (Å²) in [7, 11) is 1.53. The Kier molecular flexibility index (Phi) is 4.64. The van der Waals surface area contributed by atoms with Crippen molar-refractivity contribution in [1.29, 1.82) is 0 Å². The molecule has 3 aromatic rings. The largest absolute Gasteiger partial charge is 0.416 e. The molecule has 26 heavy (non-hydrogen) atoms. The third kappa shape index (κ3) is 3.38. The van der Waals surface area contributed by atoms with Gasteiger partial charge in [-0.1, -0.05) is 12.1 Å². The highest BCUT2D eigenvalue weighted by atomic mass is 19.4. The molecule has 1 heterocycles. The van der Waals surface area contributed by atoms with E-state index in [1.807, 2.05) is 0 Å². The van der Waals surface area contributed by atoms with Crippen molar-refractivity contribution in [2.75, 3.05) is 13.7 Å². The van der Waals surface area contributed by atoms with Crippen LogP contribution in [0.15, 0.2) is 42.5 Å². The molecule has 0 N–H and O–H groups in total. The summed E-state index contributed by atoms with van der Waals surface area (Å²) in [6.45, 7) is 0.761. The highest BCUT2D eigenvalue weighted by Crippen LogP contribution is 2.32. The lowest BCUT2D eigenvalue weighted by Gasteiger charge is -2.10. The Morgan fingerprint density at radius 1 is 1.19 bits per heavy atom. The zero-order valence-corrected chi connectivity index (χ0v) is 13.7. The lowest BCUT2D eigenvalue weighted by atomic mass is 10.1. The minimum absolute atomic E-state index is 0.104. The Labute approximate surface area is 146 Å². The van der Waals surface area contributed by atoms with E-state index in [2.05, 4.69) is 4.98 Å². The second-order valence-electron chi connectivity index (χ2n) is 5.59. The molecule has 3 rings (SSSR count). The van der Waals surface area contributed by atoms with Crippen LogP contribution in [-0.4, -0.2) is 28.2 Å². The molecule has 6 nitrogen and oxygen atoms in total. The summed E-state index contributed by atoms with van der Waals surface area (Å²) < 4.78 is 45.1. The molecule has 0 amide bonds. The molecule has 9 heteroatoms. The second-order valence-corrected chi connectivity index (χ2v) is 5.59. The van der Waals surface area contributed by atoms with Crippen LogP contribution in [0.2, 0.25) is 0 Å². The number of imidazole rings is 1. The molecule has 0 aliphatic carbocycles. The maximum absolute atomic E-state index is 12.8. The number of nitro groups is 1. The molecule has 1 aromatic heterocycles. The van der Waals surface area contributed by atoms with Crippen LogP contribution in [-0.2, 0) is 17.5 Å². The number of halogens is 3. The molecule has 0 fully saturated rings. The van der Waals surface area contributed by atoms with Crippen LogP contribution >= 0.6 is 0 Å². The van der Waals surface area contributed by atoms with E-state index in [-0.39, 0.29) is 5.69 Å². The van der Waals surface area contributed by atoms with Crippen molar-refractivity contribution in [3.63, 3.8) is 0 Å². The number of aromatic nitrogens is 2. The fourth-order valence-electron chi connectivity index (χ4n) is 2.67. The Balaban J connectivity index is 2.12. The number of rotatable bonds is 5. The molecule has 0 atom stereocenters. The van der Waals surface area contributed by atoms with Crippen LogP contribution < -0.4 is 0 Å². The van der Waals surface area contributed by atoms with E-state index >= 15 is 0 Å². The van der Waals surface area contributed by atoms with Crippen molar-refractivity contribution in [2.24, 2.45) is 0 Å². The Morgan fingerprint density at radius 3 is 2.46 bits per heavy atom. The van der Waals surface area contributed by atoms with Crippen LogP contribution in [0.5, 0.6) is 0 Å². The van der Waals surface area contributed by atoms with E-state index in [4.69, 9.17) is 4.74 Å². The van der Waals surface area contributed by atoms with Gasteiger partial charge in [-0.05, 0) is 18.2 Å². The SMILES string of the molecule is COCCn1c(-c2ccc(C(F)(F)F)cc2)nc2cc([N+](=O)[O-])ccc21. The van der Waals surface area contributed by atoms with Gasteiger partial charge < -0.3 is 9.30 Å². The number of methoxy groups -OCH3 is 1. The number of ether oxygens (including phenoxy) is 1. The Morgan fingerprint density at radius 2 is 1.88 bits per heavy atom. The summed E-state index contributed by atoms with van der Waals surface area (Å²) in [5, 5.41) is 11.0. The fourth-order valence-corrected chi connectivity index (χ4v) is 2.67. The zero-order chi connectivity index (χ0) is 18.9. The van der Waals surface area contributed by atoms with E-state index in [1.54, 1.807) is 10.6 Å². The van der Waals surface area contributed by atoms with Crippen LogP contribution in [0, 0.1) is 10.1 Å². The van der Waals surface area contributed by atoms with Crippen molar-refractivity contribution in [2.45, 2.75) is 12.7 Å². The number of alkyl halides is 3. The molecule has 0 unspecified atom stereocenters. The molecular formula is C17H14F3N3O3. The van der Waals surface area contributed by atoms with Gasteiger partial charge in [0.2, 0.25) is 0 Å². The van der Waals surface area contributed by atoms with Gasteiger partial charge in [0.25, 0.3) is 5.69 Å². The van der Waals surface area contributed by atoms with Gasteiger partial charge in [0, 0.05) is 31.4 Å². The Bertz CT molecular complexity index is 950. The van der Waals surface area contributed by atoms with Crippen LogP contribution in [0.4, 0.5) is 18.9 Å². The highest BCUT2D eigenvalue weighted by Gasteiger charge is 2.30. The first-order chi connectivity index (χ1) is 12.3. The van der Waals surface area contributed by atoms with E-state index in [0.29, 0.717) is 35.6 Å². The van der Waals surface area contributed by atoms with Crippen molar-refractivity contribution < 1.29 is 22.8 Å². The lowest BCUT2D eigenvalue weighted by Crippen LogP contribution is -2.07. The Hall–Kier alpha value is -2.94. The molecule has 136 valence electrons. The van der Waals surface area contributed by atoms with E-state index in [9.17, 15) is 23.3 Å². The predicted octanol–water partition coefficient (Wildman–Crippen LogP) is 4.28. The van der Waals surface area contributed by atoms with Gasteiger partial charge >= 0.3 is 6.18 Å². The first-order valence-corrected chi connectivity index (χ1v) is 7.62. The molecule has 0 saturated heterocycles. The third-order valence-corrected chi connectivity index (χ3v) is 3.93. The number of fused-ring (bicyclic) bond motifs is 1. The van der Waals surface area contributed by atoms with Crippen molar-refractivity contribution in [3.05, 3.63) is 58.1 Å². The average Bonchev–Trinajstić information content (AvgIpc) is 2.97. The summed E-state index contributed by atoms with van der Waals surface area (Å²) >= 11 is 0. The molecule has 0 spiro atoms. The molecule has 0 bridgehead atoms. The first kappa shape index (κ1) is 17.9. The maximum atomic E-state index is 12.8. The van der Waals surface area contributed by atoms with Gasteiger partial charge in [-0.15, -0.1) is 0 Å². The third-order valence-electron chi connectivity index (χ3n) is 3.93. The number of nitro benzene ring substituents is 1. The van der Waals surface area contributed by atoms with E-state index < -0.39 is 16.7 Å². The van der Waals surface area contributed by atoms with Crippen molar-refractivity contribution in [1.82, 2.24) is 9.55 Å². The van der Waals surface area contributed by atoms with E-state index in [1.165, 1.54) is 31.4 Å². The summed E-state index contributed by atoms with van der Waals surface area (Å²) in [6.07, 6.45) is -4.42.